The van der Waals surface area contributed by atoms with Gasteiger partial charge in [-0.05, 0) is 42.8 Å². The first-order valence-corrected chi connectivity index (χ1v) is 10.4. The maximum atomic E-state index is 13.3. The number of aryl methyl sites for hydroxylation is 1. The number of hydrogen-bond donors (Lipinski definition) is 2. The lowest BCUT2D eigenvalue weighted by molar-refractivity contribution is -0.138. The van der Waals surface area contributed by atoms with Crippen molar-refractivity contribution in [1.29, 1.82) is 0 Å². The van der Waals surface area contributed by atoms with E-state index in [1.54, 1.807) is 37.3 Å². The number of methoxy groups -OCH3 is 1. The summed E-state index contributed by atoms with van der Waals surface area (Å²) in [4.78, 5) is 28.6. The fraction of sp³-hybridized carbons (Fsp3) is 0.167. The van der Waals surface area contributed by atoms with E-state index in [0.29, 0.717) is 29.1 Å². The van der Waals surface area contributed by atoms with Gasteiger partial charge in [-0.25, -0.2) is 14.3 Å². The van der Waals surface area contributed by atoms with Crippen LogP contribution in [0, 0.1) is 0 Å². The van der Waals surface area contributed by atoms with E-state index >= 15 is 0 Å². The zero-order chi connectivity index (χ0) is 25.3. The minimum absolute atomic E-state index is 0.0128. The van der Waals surface area contributed by atoms with Gasteiger partial charge in [0.05, 0.1) is 24.1 Å². The monoisotopic (exact) mass is 484 g/mol. The SMILES string of the molecule is CCc1nn2c(-c3cccc(NC(=O)c4ccc(OC)c(C(F)(F)F)c4)c3)ccnc2c1C(=O)O. The van der Waals surface area contributed by atoms with Gasteiger partial charge in [0.2, 0.25) is 0 Å². The number of amides is 1. The number of anilines is 1. The summed E-state index contributed by atoms with van der Waals surface area (Å²) in [6.45, 7) is 1.79. The highest BCUT2D eigenvalue weighted by atomic mass is 19.4. The summed E-state index contributed by atoms with van der Waals surface area (Å²) < 4.78 is 46.1. The Hall–Kier alpha value is -4.41. The van der Waals surface area contributed by atoms with Crippen LogP contribution in [0.5, 0.6) is 5.75 Å². The zero-order valence-electron chi connectivity index (χ0n) is 18.6. The molecule has 2 N–H and O–H groups in total. The van der Waals surface area contributed by atoms with Gasteiger partial charge in [0.25, 0.3) is 5.91 Å². The van der Waals surface area contributed by atoms with Crippen molar-refractivity contribution in [2.75, 3.05) is 12.4 Å². The van der Waals surface area contributed by atoms with Gasteiger partial charge >= 0.3 is 12.1 Å². The number of nitrogens with one attached hydrogen (secondary N) is 1. The number of rotatable bonds is 6. The number of aromatic nitrogens is 3. The fourth-order valence-electron chi connectivity index (χ4n) is 3.70. The van der Waals surface area contributed by atoms with E-state index in [9.17, 15) is 27.9 Å². The highest BCUT2D eigenvalue weighted by Gasteiger charge is 2.35. The van der Waals surface area contributed by atoms with Crippen LogP contribution in [0.3, 0.4) is 0 Å². The van der Waals surface area contributed by atoms with E-state index in [-0.39, 0.29) is 22.5 Å². The van der Waals surface area contributed by atoms with Crippen LogP contribution in [0.25, 0.3) is 16.9 Å². The predicted octanol–water partition coefficient (Wildman–Crippen LogP) is 4.94. The molecule has 11 heteroatoms. The Morgan fingerprint density at radius 1 is 1.14 bits per heavy atom. The van der Waals surface area contributed by atoms with Crippen molar-refractivity contribution in [2.45, 2.75) is 19.5 Å². The van der Waals surface area contributed by atoms with Gasteiger partial charge in [0, 0.05) is 23.0 Å². The van der Waals surface area contributed by atoms with Gasteiger partial charge in [-0.2, -0.15) is 18.3 Å². The molecule has 0 spiro atoms. The number of hydrogen-bond acceptors (Lipinski definition) is 5. The average Bonchev–Trinajstić information content (AvgIpc) is 3.22. The van der Waals surface area contributed by atoms with E-state index in [0.717, 1.165) is 19.2 Å². The summed E-state index contributed by atoms with van der Waals surface area (Å²) in [5, 5.41) is 16.6. The first-order chi connectivity index (χ1) is 16.6. The van der Waals surface area contributed by atoms with Crippen LogP contribution in [0.4, 0.5) is 18.9 Å². The van der Waals surface area contributed by atoms with Crippen molar-refractivity contribution in [3.05, 3.63) is 77.1 Å². The molecule has 2 heterocycles. The average molecular weight is 484 g/mol. The molecule has 0 aliphatic heterocycles. The summed E-state index contributed by atoms with van der Waals surface area (Å²) in [5.74, 6) is -2.26. The Bertz CT molecular complexity index is 1450. The lowest BCUT2D eigenvalue weighted by Gasteiger charge is -2.14. The first kappa shape index (κ1) is 23.7. The number of carboxylic acid groups (broad SMARTS) is 1. The number of carboxylic acids is 1. The Kier molecular flexibility index (Phi) is 6.16. The number of alkyl halides is 3. The second-order valence-corrected chi connectivity index (χ2v) is 7.49. The molecule has 0 atom stereocenters. The molecule has 0 aliphatic rings. The molecule has 0 unspecified atom stereocenters. The summed E-state index contributed by atoms with van der Waals surface area (Å²) in [5.41, 5.74) is 0.754. The molecule has 2 aromatic carbocycles. The number of nitrogens with zero attached hydrogens (tertiary/aromatic N) is 3. The molecule has 35 heavy (non-hydrogen) atoms. The Balaban J connectivity index is 1.69. The summed E-state index contributed by atoms with van der Waals surface area (Å²) in [7, 11) is 1.12. The molecular weight excluding hydrogens is 465 g/mol. The number of carbonyl (C=O) groups excluding carboxylic acids is 1. The number of fused-ring (bicyclic) bond motifs is 1. The number of ether oxygens (including phenoxy) is 1. The van der Waals surface area contributed by atoms with Crippen LogP contribution >= 0.6 is 0 Å². The Morgan fingerprint density at radius 2 is 1.91 bits per heavy atom. The maximum Gasteiger partial charge on any atom is 0.419 e. The molecule has 8 nitrogen and oxygen atoms in total. The van der Waals surface area contributed by atoms with Crippen LogP contribution in [0.1, 0.15) is 38.9 Å². The molecule has 2 aromatic heterocycles. The molecule has 4 aromatic rings. The minimum Gasteiger partial charge on any atom is -0.496 e. The van der Waals surface area contributed by atoms with E-state index in [2.05, 4.69) is 15.4 Å². The number of halogens is 3. The van der Waals surface area contributed by atoms with Gasteiger partial charge in [-0.15, -0.1) is 0 Å². The van der Waals surface area contributed by atoms with Crippen LogP contribution in [-0.4, -0.2) is 38.7 Å². The maximum absolute atomic E-state index is 13.3. The van der Waals surface area contributed by atoms with Gasteiger partial charge < -0.3 is 15.2 Å². The Labute approximate surface area is 197 Å². The number of benzene rings is 2. The first-order valence-electron chi connectivity index (χ1n) is 10.4. The van der Waals surface area contributed by atoms with Crippen LogP contribution in [-0.2, 0) is 12.6 Å². The summed E-state index contributed by atoms with van der Waals surface area (Å²) >= 11 is 0. The van der Waals surface area contributed by atoms with E-state index in [4.69, 9.17) is 4.74 Å². The van der Waals surface area contributed by atoms with Crippen molar-refractivity contribution in [3.63, 3.8) is 0 Å². The molecule has 0 bridgehead atoms. The van der Waals surface area contributed by atoms with Gasteiger partial charge in [0.15, 0.2) is 5.65 Å². The topological polar surface area (TPSA) is 106 Å². The third kappa shape index (κ3) is 4.52. The highest BCUT2D eigenvalue weighted by molar-refractivity contribution is 6.04. The van der Waals surface area contributed by atoms with Crippen LogP contribution in [0.2, 0.25) is 0 Å². The lowest BCUT2D eigenvalue weighted by Crippen LogP contribution is -2.15. The summed E-state index contributed by atoms with van der Waals surface area (Å²) in [6.07, 6.45) is -2.84. The summed E-state index contributed by atoms with van der Waals surface area (Å²) in [6, 6.07) is 11.3. The smallest absolute Gasteiger partial charge is 0.419 e. The second-order valence-electron chi connectivity index (χ2n) is 7.49. The number of aromatic carboxylic acids is 1. The molecule has 0 saturated carbocycles. The molecule has 0 fully saturated rings. The molecule has 0 aliphatic carbocycles. The molecule has 0 saturated heterocycles. The van der Waals surface area contributed by atoms with E-state index in [1.807, 2.05) is 0 Å². The molecular formula is C24H19F3N4O4. The van der Waals surface area contributed by atoms with E-state index in [1.165, 1.54) is 16.8 Å². The molecule has 4 rings (SSSR count). The van der Waals surface area contributed by atoms with Crippen molar-refractivity contribution >= 4 is 23.2 Å². The predicted molar refractivity (Wildman–Crippen MR) is 121 cm³/mol. The van der Waals surface area contributed by atoms with Crippen LogP contribution in [0.15, 0.2) is 54.7 Å². The fourth-order valence-corrected chi connectivity index (χ4v) is 3.70. The Morgan fingerprint density at radius 3 is 2.57 bits per heavy atom. The normalized spacial score (nSPS) is 11.5. The van der Waals surface area contributed by atoms with Gasteiger partial charge in [0.1, 0.15) is 11.3 Å². The van der Waals surface area contributed by atoms with Crippen molar-refractivity contribution in [2.24, 2.45) is 0 Å². The quantitative estimate of drug-likeness (QED) is 0.402. The molecule has 1 amide bonds. The molecule has 180 valence electrons. The third-order valence-corrected chi connectivity index (χ3v) is 5.32. The van der Waals surface area contributed by atoms with Gasteiger partial charge in [-0.3, -0.25) is 4.79 Å². The third-order valence-electron chi connectivity index (χ3n) is 5.32. The van der Waals surface area contributed by atoms with Crippen LogP contribution < -0.4 is 10.1 Å². The highest BCUT2D eigenvalue weighted by Crippen LogP contribution is 2.37. The van der Waals surface area contributed by atoms with Crippen molar-refractivity contribution in [1.82, 2.24) is 14.6 Å². The largest absolute Gasteiger partial charge is 0.496 e. The minimum atomic E-state index is -4.69. The standard InChI is InChI=1S/C24H19F3N4O4/c1-3-17-20(23(33)34)21-28-10-9-18(31(21)30-17)13-5-4-6-15(11-13)29-22(32)14-7-8-19(35-2)16(12-14)24(25,26)27/h4-12H,3H2,1-2H3,(H,29,32)(H,33,34). The molecule has 0 radical (unpaired) electrons. The van der Waals surface area contributed by atoms with E-state index < -0.39 is 23.6 Å². The lowest BCUT2D eigenvalue weighted by atomic mass is 10.1. The van der Waals surface area contributed by atoms with Crippen molar-refractivity contribution in [3.8, 4) is 17.0 Å². The second kappa shape index (κ2) is 9.09. The number of carbonyl (C=O) groups is 2. The zero-order valence-corrected chi connectivity index (χ0v) is 18.6. The van der Waals surface area contributed by atoms with Gasteiger partial charge in [-0.1, -0.05) is 19.1 Å². The van der Waals surface area contributed by atoms with Crippen molar-refractivity contribution < 1.29 is 32.6 Å².